The van der Waals surface area contributed by atoms with E-state index in [-0.39, 0.29) is 17.7 Å². The van der Waals surface area contributed by atoms with Gasteiger partial charge in [-0.3, -0.25) is 4.79 Å². The summed E-state index contributed by atoms with van der Waals surface area (Å²) in [7, 11) is 0. The summed E-state index contributed by atoms with van der Waals surface area (Å²) in [5.74, 6) is 0.678. The van der Waals surface area contributed by atoms with Gasteiger partial charge in [-0.1, -0.05) is 12.1 Å². The molecule has 2 heterocycles. The summed E-state index contributed by atoms with van der Waals surface area (Å²) in [4.78, 5) is 27.2. The van der Waals surface area contributed by atoms with Crippen LogP contribution in [0.2, 0.25) is 0 Å². The zero-order valence-corrected chi connectivity index (χ0v) is 16.4. The molecule has 2 aliphatic rings. The highest BCUT2D eigenvalue weighted by Gasteiger charge is 2.29. The molecule has 0 unspecified atom stereocenters. The van der Waals surface area contributed by atoms with Gasteiger partial charge in [-0.2, -0.15) is 0 Å². The van der Waals surface area contributed by atoms with E-state index in [0.29, 0.717) is 19.0 Å². The number of hydrogen-bond acceptors (Lipinski definition) is 3. The molecule has 5 nitrogen and oxygen atoms in total. The summed E-state index contributed by atoms with van der Waals surface area (Å²) in [5, 5.41) is 1.77. The lowest BCUT2D eigenvalue weighted by atomic mass is 10.0. The van der Waals surface area contributed by atoms with Gasteiger partial charge in [0.15, 0.2) is 0 Å². The molecule has 27 heavy (non-hydrogen) atoms. The van der Waals surface area contributed by atoms with Gasteiger partial charge in [0.2, 0.25) is 0 Å². The molecule has 5 heteroatoms. The molecule has 1 aliphatic heterocycles. The third-order valence-electron chi connectivity index (χ3n) is 5.45. The van der Waals surface area contributed by atoms with Crippen molar-refractivity contribution in [1.29, 1.82) is 0 Å². The van der Waals surface area contributed by atoms with E-state index in [4.69, 9.17) is 4.74 Å². The maximum absolute atomic E-state index is 13.1. The maximum atomic E-state index is 13.1. The molecule has 1 aliphatic carbocycles. The smallest absolute Gasteiger partial charge is 0.410 e. The molecule has 0 N–H and O–H groups in total. The van der Waals surface area contributed by atoms with Crippen LogP contribution in [0.1, 0.15) is 64.0 Å². The minimum Gasteiger partial charge on any atom is -0.444 e. The molecule has 1 aromatic heterocycles. The Bertz CT molecular complexity index is 921. The Labute approximate surface area is 159 Å². The molecule has 1 amide bonds. The molecule has 2 fully saturated rings. The largest absolute Gasteiger partial charge is 0.444 e. The number of ether oxygens (including phenoxy) is 1. The van der Waals surface area contributed by atoms with E-state index in [2.05, 4.69) is 12.1 Å². The summed E-state index contributed by atoms with van der Waals surface area (Å²) < 4.78 is 7.30. The fourth-order valence-electron chi connectivity index (χ4n) is 3.91. The van der Waals surface area contributed by atoms with E-state index in [1.165, 1.54) is 18.4 Å². The van der Waals surface area contributed by atoms with Crippen LogP contribution in [0, 0.1) is 0 Å². The fourth-order valence-corrected chi connectivity index (χ4v) is 3.91. The molecule has 144 valence electrons. The van der Waals surface area contributed by atoms with Crippen LogP contribution < -0.4 is 5.56 Å². The van der Waals surface area contributed by atoms with Gasteiger partial charge in [-0.05, 0) is 75.5 Å². The summed E-state index contributed by atoms with van der Waals surface area (Å²) in [6.45, 7) is 6.81. The van der Waals surface area contributed by atoms with E-state index < -0.39 is 5.60 Å². The van der Waals surface area contributed by atoms with Crippen LogP contribution >= 0.6 is 0 Å². The highest BCUT2D eigenvalue weighted by molar-refractivity contribution is 5.82. The number of fused-ring (bicyclic) bond motifs is 1. The molecule has 0 radical (unpaired) electrons. The molecule has 0 bridgehead atoms. The minimum atomic E-state index is -0.511. The van der Waals surface area contributed by atoms with Crippen LogP contribution in [0.3, 0.4) is 0 Å². The second-order valence-corrected chi connectivity index (χ2v) is 8.87. The van der Waals surface area contributed by atoms with Gasteiger partial charge < -0.3 is 14.2 Å². The van der Waals surface area contributed by atoms with Crippen LogP contribution in [0.4, 0.5) is 4.79 Å². The highest BCUT2D eigenvalue weighted by atomic mass is 16.6. The lowest BCUT2D eigenvalue weighted by molar-refractivity contribution is 0.0171. The Morgan fingerprint density at radius 3 is 2.63 bits per heavy atom. The SMILES string of the molecule is CC(C)(C)OC(=O)N1CCC[C@@H](n2ccc3cc(C4CC4)ccc3c2=O)C1. The van der Waals surface area contributed by atoms with Crippen LogP contribution in [0.5, 0.6) is 0 Å². The number of amides is 1. The van der Waals surface area contributed by atoms with Gasteiger partial charge >= 0.3 is 6.09 Å². The second-order valence-electron chi connectivity index (χ2n) is 8.87. The Hall–Kier alpha value is -2.30. The van der Waals surface area contributed by atoms with Crippen molar-refractivity contribution in [1.82, 2.24) is 9.47 Å². The monoisotopic (exact) mass is 368 g/mol. The Kier molecular flexibility index (Phi) is 4.49. The molecule has 0 spiro atoms. The Morgan fingerprint density at radius 1 is 1.15 bits per heavy atom. The van der Waals surface area contributed by atoms with E-state index in [1.54, 1.807) is 9.47 Å². The van der Waals surface area contributed by atoms with Crippen LogP contribution in [-0.2, 0) is 4.74 Å². The lowest BCUT2D eigenvalue weighted by Gasteiger charge is -2.34. The fraction of sp³-hybridized carbons (Fsp3) is 0.545. The average molecular weight is 368 g/mol. The molecule has 1 saturated carbocycles. The van der Waals surface area contributed by atoms with Crippen molar-refractivity contribution in [3.63, 3.8) is 0 Å². The highest BCUT2D eigenvalue weighted by Crippen LogP contribution is 2.40. The number of hydrogen-bond donors (Lipinski definition) is 0. The first-order chi connectivity index (χ1) is 12.8. The van der Waals surface area contributed by atoms with Gasteiger partial charge in [0.25, 0.3) is 5.56 Å². The van der Waals surface area contributed by atoms with Crippen molar-refractivity contribution in [2.75, 3.05) is 13.1 Å². The zero-order valence-electron chi connectivity index (χ0n) is 16.4. The number of pyridine rings is 1. The summed E-state index contributed by atoms with van der Waals surface area (Å²) in [5.41, 5.74) is 0.864. The van der Waals surface area contributed by atoms with Gasteiger partial charge in [-0.15, -0.1) is 0 Å². The number of benzene rings is 1. The number of rotatable bonds is 2. The van der Waals surface area contributed by atoms with Crippen molar-refractivity contribution >= 4 is 16.9 Å². The van der Waals surface area contributed by atoms with Crippen molar-refractivity contribution in [3.05, 3.63) is 46.4 Å². The third kappa shape index (κ3) is 3.87. The molecule has 1 atom stereocenters. The predicted octanol–water partition coefficient (Wildman–Crippen LogP) is 4.45. The quantitative estimate of drug-likeness (QED) is 0.787. The molecule has 1 saturated heterocycles. The number of likely N-dealkylation sites (tertiary alicyclic amines) is 1. The standard InChI is InChI=1S/C22H28N2O3/c1-22(2,3)27-21(26)23-11-4-5-18(14-23)24-12-10-17-13-16(15-6-7-15)8-9-19(17)20(24)25/h8-10,12-13,15,18H,4-7,11,14H2,1-3H3/t18-/m1/s1. The summed E-state index contributed by atoms with van der Waals surface area (Å²) in [6, 6.07) is 8.25. The summed E-state index contributed by atoms with van der Waals surface area (Å²) >= 11 is 0. The average Bonchev–Trinajstić information content (AvgIpc) is 3.45. The van der Waals surface area contributed by atoms with Crippen molar-refractivity contribution in [2.45, 2.75) is 64.0 Å². The third-order valence-corrected chi connectivity index (χ3v) is 5.45. The normalized spacial score (nSPS) is 20.7. The first-order valence-corrected chi connectivity index (χ1v) is 9.94. The van der Waals surface area contributed by atoms with Crippen molar-refractivity contribution in [2.24, 2.45) is 0 Å². The topological polar surface area (TPSA) is 51.5 Å². The summed E-state index contributed by atoms with van der Waals surface area (Å²) in [6.07, 6.45) is 5.87. The van der Waals surface area contributed by atoms with Crippen LogP contribution in [-0.4, -0.2) is 34.3 Å². The number of aromatic nitrogens is 1. The number of carbonyl (C=O) groups excluding carboxylic acids is 1. The van der Waals surface area contributed by atoms with Gasteiger partial charge in [0.1, 0.15) is 5.60 Å². The maximum Gasteiger partial charge on any atom is 0.410 e. The molecular weight excluding hydrogens is 340 g/mol. The molecule has 4 rings (SSSR count). The van der Waals surface area contributed by atoms with Gasteiger partial charge in [0.05, 0.1) is 6.04 Å². The van der Waals surface area contributed by atoms with E-state index in [0.717, 1.165) is 23.6 Å². The zero-order chi connectivity index (χ0) is 19.2. The molecule has 2 aromatic rings. The van der Waals surface area contributed by atoms with Crippen LogP contribution in [0.25, 0.3) is 10.8 Å². The number of carbonyl (C=O) groups is 1. The minimum absolute atomic E-state index is 0.00808. The Morgan fingerprint density at radius 2 is 1.93 bits per heavy atom. The van der Waals surface area contributed by atoms with E-state index >= 15 is 0 Å². The van der Waals surface area contributed by atoms with E-state index in [9.17, 15) is 9.59 Å². The Balaban J connectivity index is 1.58. The molecular formula is C22H28N2O3. The first kappa shape index (κ1) is 18.1. The van der Waals surface area contributed by atoms with Gasteiger partial charge in [0, 0.05) is 24.7 Å². The van der Waals surface area contributed by atoms with Crippen LogP contribution in [0.15, 0.2) is 35.3 Å². The van der Waals surface area contributed by atoms with Gasteiger partial charge in [-0.25, -0.2) is 4.79 Å². The number of nitrogens with zero attached hydrogens (tertiary/aromatic N) is 2. The van der Waals surface area contributed by atoms with Crippen molar-refractivity contribution in [3.8, 4) is 0 Å². The van der Waals surface area contributed by atoms with E-state index in [1.807, 2.05) is 39.1 Å². The lowest BCUT2D eigenvalue weighted by Crippen LogP contribution is -2.44. The first-order valence-electron chi connectivity index (χ1n) is 9.94. The second kappa shape index (κ2) is 6.70. The van der Waals surface area contributed by atoms with Crippen molar-refractivity contribution < 1.29 is 9.53 Å². The predicted molar refractivity (Wildman–Crippen MR) is 106 cm³/mol. The molecule has 1 aromatic carbocycles. The number of piperidine rings is 1.